The average Bonchev–Trinajstić information content (AvgIpc) is 2.42. The van der Waals surface area contributed by atoms with Crippen LogP contribution in [0.3, 0.4) is 0 Å². The molecule has 1 unspecified atom stereocenters. The molecule has 0 aliphatic rings. The molecule has 0 bridgehead atoms. The first-order valence-electron chi connectivity index (χ1n) is 7.41. The van der Waals surface area contributed by atoms with E-state index in [2.05, 4.69) is 11.9 Å². The number of nitrogens with one attached hydrogen (secondary N) is 1. The maximum Gasteiger partial charge on any atom is 0.237 e. The number of ketones is 2. The van der Waals surface area contributed by atoms with Gasteiger partial charge in [-0.15, -0.1) is 6.58 Å². The van der Waals surface area contributed by atoms with Crippen molar-refractivity contribution in [3.05, 3.63) is 12.7 Å². The molecule has 0 heterocycles. The van der Waals surface area contributed by atoms with Crippen molar-refractivity contribution >= 4 is 23.8 Å². The van der Waals surface area contributed by atoms with Gasteiger partial charge in [-0.2, -0.15) is 0 Å². The maximum absolute atomic E-state index is 12.6. The van der Waals surface area contributed by atoms with E-state index in [0.717, 1.165) is 0 Å². The second kappa shape index (κ2) is 10.00. The minimum Gasteiger partial charge on any atom is -0.345 e. The van der Waals surface area contributed by atoms with Crippen molar-refractivity contribution in [2.75, 3.05) is 0 Å². The van der Waals surface area contributed by atoms with Crippen LogP contribution in [0.15, 0.2) is 12.7 Å². The van der Waals surface area contributed by atoms with Crippen LogP contribution in [-0.2, 0) is 19.2 Å². The molecule has 3 N–H and O–H groups in total. The Morgan fingerprint density at radius 3 is 2.23 bits per heavy atom. The lowest BCUT2D eigenvalue weighted by Crippen LogP contribution is -2.50. The number of nitrogens with two attached hydrogens (primary N) is 1. The molecule has 0 aromatic rings. The molecule has 22 heavy (non-hydrogen) atoms. The van der Waals surface area contributed by atoms with Gasteiger partial charge in [-0.3, -0.25) is 14.4 Å². The second-order valence-electron chi connectivity index (χ2n) is 5.80. The first kappa shape index (κ1) is 20.2. The van der Waals surface area contributed by atoms with Crippen LogP contribution in [0.2, 0.25) is 0 Å². The Kier molecular flexibility index (Phi) is 9.17. The van der Waals surface area contributed by atoms with Crippen molar-refractivity contribution < 1.29 is 19.2 Å². The summed E-state index contributed by atoms with van der Waals surface area (Å²) in [6.07, 6.45) is 2.15. The molecule has 0 spiro atoms. The Bertz CT molecular complexity index is 430. The second-order valence-corrected chi connectivity index (χ2v) is 5.80. The van der Waals surface area contributed by atoms with E-state index in [9.17, 15) is 19.2 Å². The molecule has 0 aliphatic heterocycles. The topological polar surface area (TPSA) is 106 Å². The molecule has 6 nitrogen and oxygen atoms in total. The van der Waals surface area contributed by atoms with E-state index in [1.807, 2.05) is 13.8 Å². The van der Waals surface area contributed by atoms with E-state index in [-0.39, 0.29) is 24.5 Å². The van der Waals surface area contributed by atoms with E-state index in [1.54, 1.807) is 0 Å². The van der Waals surface area contributed by atoms with Gasteiger partial charge < -0.3 is 15.8 Å². The molecule has 6 heteroatoms. The van der Waals surface area contributed by atoms with Crippen molar-refractivity contribution in [2.45, 2.75) is 52.1 Å². The van der Waals surface area contributed by atoms with Gasteiger partial charge in [-0.05, 0) is 19.3 Å². The Hall–Kier alpha value is -1.82. The summed E-state index contributed by atoms with van der Waals surface area (Å²) < 4.78 is 0. The fourth-order valence-corrected chi connectivity index (χ4v) is 2.05. The molecule has 0 aromatic carbocycles. The number of hydrogen-bond donors (Lipinski definition) is 2. The lowest BCUT2D eigenvalue weighted by molar-refractivity contribution is -0.137. The normalized spacial score (nSPS) is 14.8. The Balaban J connectivity index is 5.25. The minimum absolute atomic E-state index is 0.0138. The number of carbonyl (C=O) groups is 4. The molecule has 0 aromatic heterocycles. The summed E-state index contributed by atoms with van der Waals surface area (Å²) in [6.45, 7) is 8.78. The zero-order chi connectivity index (χ0) is 17.3. The number of carbonyl (C=O) groups excluding carboxylic acids is 4. The van der Waals surface area contributed by atoms with Crippen LogP contribution in [-0.4, -0.2) is 35.8 Å². The van der Waals surface area contributed by atoms with Crippen LogP contribution in [0, 0.1) is 11.8 Å². The SMILES string of the molecule is C=CCC(=O)C(CC=O)C(=O)[C@H](CC(C)C)NC(=O)[C@H](C)N. The molecule has 0 saturated carbocycles. The summed E-state index contributed by atoms with van der Waals surface area (Å²) in [6, 6.07) is -1.58. The Labute approximate surface area is 131 Å². The van der Waals surface area contributed by atoms with Crippen molar-refractivity contribution in [3.63, 3.8) is 0 Å². The quantitative estimate of drug-likeness (QED) is 0.333. The highest BCUT2D eigenvalue weighted by atomic mass is 16.2. The van der Waals surface area contributed by atoms with Crippen LogP contribution in [0.1, 0.15) is 40.0 Å². The fraction of sp³-hybridized carbons (Fsp3) is 0.625. The van der Waals surface area contributed by atoms with Gasteiger partial charge in [0.15, 0.2) is 5.78 Å². The molecule has 0 fully saturated rings. The zero-order valence-electron chi connectivity index (χ0n) is 13.5. The summed E-state index contributed by atoms with van der Waals surface area (Å²) in [5, 5.41) is 2.58. The summed E-state index contributed by atoms with van der Waals surface area (Å²) in [4.78, 5) is 47.1. The van der Waals surface area contributed by atoms with E-state index < -0.39 is 29.7 Å². The number of amides is 1. The van der Waals surface area contributed by atoms with Crippen LogP contribution >= 0.6 is 0 Å². The predicted octanol–water partition coefficient (Wildman–Crippen LogP) is 0.784. The number of aldehydes is 1. The van der Waals surface area contributed by atoms with Gasteiger partial charge in [-0.25, -0.2) is 0 Å². The van der Waals surface area contributed by atoms with Gasteiger partial charge in [-0.1, -0.05) is 19.9 Å². The highest BCUT2D eigenvalue weighted by molar-refractivity contribution is 6.07. The number of hydrogen-bond acceptors (Lipinski definition) is 5. The molecule has 0 saturated heterocycles. The summed E-state index contributed by atoms with van der Waals surface area (Å²) in [5.41, 5.74) is 5.50. The monoisotopic (exact) mass is 310 g/mol. The van der Waals surface area contributed by atoms with Gasteiger partial charge in [0, 0.05) is 12.8 Å². The van der Waals surface area contributed by atoms with Crippen LogP contribution in [0.4, 0.5) is 0 Å². The zero-order valence-corrected chi connectivity index (χ0v) is 13.5. The highest BCUT2D eigenvalue weighted by Crippen LogP contribution is 2.15. The lowest BCUT2D eigenvalue weighted by Gasteiger charge is -2.24. The van der Waals surface area contributed by atoms with Crippen LogP contribution in [0.5, 0.6) is 0 Å². The third kappa shape index (κ3) is 6.76. The highest BCUT2D eigenvalue weighted by Gasteiger charge is 2.32. The van der Waals surface area contributed by atoms with Gasteiger partial charge in [0.2, 0.25) is 5.91 Å². The molecule has 124 valence electrons. The maximum atomic E-state index is 12.6. The van der Waals surface area contributed by atoms with Crippen molar-refractivity contribution in [3.8, 4) is 0 Å². The molecule has 0 aliphatic carbocycles. The van der Waals surface area contributed by atoms with Crippen molar-refractivity contribution in [1.29, 1.82) is 0 Å². The van der Waals surface area contributed by atoms with E-state index >= 15 is 0 Å². The first-order valence-corrected chi connectivity index (χ1v) is 7.41. The van der Waals surface area contributed by atoms with E-state index in [0.29, 0.717) is 12.7 Å². The summed E-state index contributed by atoms with van der Waals surface area (Å²) in [5.74, 6) is -2.18. The standard InChI is InChI=1S/C16H26N2O4/c1-5-6-14(20)12(7-8-19)15(21)13(9-10(2)3)18-16(22)11(4)17/h5,8,10-13H,1,6-7,9,17H2,2-4H3,(H,18,22)/t11-,12?,13-/m0/s1. The third-order valence-corrected chi connectivity index (χ3v) is 3.19. The van der Waals surface area contributed by atoms with Crippen LogP contribution in [0.25, 0.3) is 0 Å². The lowest BCUT2D eigenvalue weighted by atomic mass is 9.86. The third-order valence-electron chi connectivity index (χ3n) is 3.19. The minimum atomic E-state index is -1.05. The van der Waals surface area contributed by atoms with Gasteiger partial charge in [0.1, 0.15) is 12.1 Å². The van der Waals surface area contributed by atoms with E-state index in [4.69, 9.17) is 5.73 Å². The average molecular weight is 310 g/mol. The Morgan fingerprint density at radius 1 is 1.23 bits per heavy atom. The molecule has 1 amide bonds. The fourth-order valence-electron chi connectivity index (χ4n) is 2.05. The molecular formula is C16H26N2O4. The predicted molar refractivity (Wildman–Crippen MR) is 84.0 cm³/mol. The van der Waals surface area contributed by atoms with Crippen LogP contribution < -0.4 is 11.1 Å². The van der Waals surface area contributed by atoms with Gasteiger partial charge in [0.05, 0.1) is 18.0 Å². The van der Waals surface area contributed by atoms with Gasteiger partial charge >= 0.3 is 0 Å². The van der Waals surface area contributed by atoms with Crippen molar-refractivity contribution in [1.82, 2.24) is 5.32 Å². The molecule has 0 rings (SSSR count). The summed E-state index contributed by atoms with van der Waals surface area (Å²) >= 11 is 0. The number of rotatable bonds is 11. The first-order chi connectivity index (χ1) is 10.2. The number of Topliss-reactive ketones (excluding diaryl/α,β-unsaturated/α-hetero) is 2. The molecular weight excluding hydrogens is 284 g/mol. The summed E-state index contributed by atoms with van der Waals surface area (Å²) in [7, 11) is 0. The number of allylic oxidation sites excluding steroid dienone is 1. The van der Waals surface area contributed by atoms with Crippen molar-refractivity contribution in [2.24, 2.45) is 17.6 Å². The molecule has 3 atom stereocenters. The Morgan fingerprint density at radius 2 is 1.82 bits per heavy atom. The van der Waals surface area contributed by atoms with E-state index in [1.165, 1.54) is 13.0 Å². The van der Waals surface area contributed by atoms with Gasteiger partial charge in [0.25, 0.3) is 0 Å². The largest absolute Gasteiger partial charge is 0.345 e. The molecule has 0 radical (unpaired) electrons. The smallest absolute Gasteiger partial charge is 0.237 e.